The molecule has 3 atom stereocenters. The van der Waals surface area contributed by atoms with Crippen LogP contribution in [0.1, 0.15) is 34.1 Å². The molecule has 1 aliphatic heterocycles. The zero-order valence-electron chi connectivity index (χ0n) is 11.6. The van der Waals surface area contributed by atoms with Crippen molar-refractivity contribution in [2.24, 2.45) is 11.1 Å². The molecule has 0 saturated carbocycles. The fourth-order valence-electron chi connectivity index (χ4n) is 2.46. The molecule has 102 valence electrons. The first kappa shape index (κ1) is 14.9. The summed E-state index contributed by atoms with van der Waals surface area (Å²) in [5.74, 6) is 0. The quantitative estimate of drug-likeness (QED) is 0.769. The zero-order valence-corrected chi connectivity index (χ0v) is 11.6. The Morgan fingerprint density at radius 3 is 2.59 bits per heavy atom. The van der Waals surface area contributed by atoms with E-state index in [0.29, 0.717) is 6.04 Å². The molecule has 0 aromatic rings. The zero-order chi connectivity index (χ0) is 13.1. The van der Waals surface area contributed by atoms with Crippen molar-refractivity contribution in [2.75, 3.05) is 26.4 Å². The van der Waals surface area contributed by atoms with E-state index < -0.39 is 0 Å². The van der Waals surface area contributed by atoms with Crippen LogP contribution < -0.4 is 5.73 Å². The highest BCUT2D eigenvalue weighted by molar-refractivity contribution is 4.92. The van der Waals surface area contributed by atoms with Crippen LogP contribution in [0, 0.1) is 5.41 Å². The summed E-state index contributed by atoms with van der Waals surface area (Å²) in [5, 5.41) is 9.66. The molecule has 3 N–H and O–H groups in total. The number of hydrogen-bond donors (Lipinski definition) is 2. The summed E-state index contributed by atoms with van der Waals surface area (Å²) in [4.78, 5) is 2.33. The Balaban J connectivity index is 2.77. The summed E-state index contributed by atoms with van der Waals surface area (Å²) in [6.07, 6.45) is 1.04. The second-order valence-corrected chi connectivity index (χ2v) is 6.02. The van der Waals surface area contributed by atoms with Crippen LogP contribution in [0.3, 0.4) is 0 Å². The van der Waals surface area contributed by atoms with Gasteiger partial charge in [-0.2, -0.15) is 0 Å². The standard InChI is InChI=1S/C13H28N2O2/c1-5-10-9-17-7-6-15(10)11(8-16)12(14)13(2,3)4/h10-12,16H,5-9,14H2,1-4H3. The molecule has 1 heterocycles. The SMILES string of the molecule is CCC1COCCN1C(CO)C(N)C(C)(C)C. The van der Waals surface area contributed by atoms with Crippen LogP contribution in [-0.2, 0) is 4.74 Å². The van der Waals surface area contributed by atoms with Gasteiger partial charge >= 0.3 is 0 Å². The number of nitrogens with zero attached hydrogens (tertiary/aromatic N) is 1. The summed E-state index contributed by atoms with van der Waals surface area (Å²) in [6.45, 7) is 11.0. The summed E-state index contributed by atoms with van der Waals surface area (Å²) >= 11 is 0. The Hall–Kier alpha value is -0.160. The van der Waals surface area contributed by atoms with E-state index in [-0.39, 0.29) is 24.1 Å². The lowest BCUT2D eigenvalue weighted by atomic mass is 9.82. The number of hydrogen-bond acceptors (Lipinski definition) is 4. The van der Waals surface area contributed by atoms with Gasteiger partial charge < -0.3 is 15.6 Å². The van der Waals surface area contributed by atoms with Gasteiger partial charge in [-0.1, -0.05) is 27.7 Å². The Labute approximate surface area is 105 Å². The van der Waals surface area contributed by atoms with Gasteiger partial charge in [-0.3, -0.25) is 4.90 Å². The molecule has 3 unspecified atom stereocenters. The minimum atomic E-state index is -0.0281. The maximum Gasteiger partial charge on any atom is 0.0622 e. The van der Waals surface area contributed by atoms with Crippen molar-refractivity contribution in [3.05, 3.63) is 0 Å². The van der Waals surface area contributed by atoms with Crippen LogP contribution in [0.5, 0.6) is 0 Å². The van der Waals surface area contributed by atoms with Crippen LogP contribution in [0.2, 0.25) is 0 Å². The lowest BCUT2D eigenvalue weighted by Gasteiger charge is -2.45. The molecule has 4 heteroatoms. The van der Waals surface area contributed by atoms with Gasteiger partial charge in [-0.05, 0) is 11.8 Å². The maximum absolute atomic E-state index is 9.66. The maximum atomic E-state index is 9.66. The molecule has 1 saturated heterocycles. The van der Waals surface area contributed by atoms with Gasteiger partial charge in [-0.25, -0.2) is 0 Å². The molecule has 0 aliphatic carbocycles. The largest absolute Gasteiger partial charge is 0.395 e. The third-order valence-corrected chi connectivity index (χ3v) is 3.77. The minimum absolute atomic E-state index is 0.00396. The first-order chi connectivity index (χ1) is 7.91. The van der Waals surface area contributed by atoms with Crippen molar-refractivity contribution in [3.63, 3.8) is 0 Å². The average Bonchev–Trinajstić information content (AvgIpc) is 2.29. The van der Waals surface area contributed by atoms with Gasteiger partial charge in [0.15, 0.2) is 0 Å². The van der Waals surface area contributed by atoms with E-state index in [2.05, 4.69) is 32.6 Å². The molecular weight excluding hydrogens is 216 g/mol. The molecule has 0 amide bonds. The predicted molar refractivity (Wildman–Crippen MR) is 69.9 cm³/mol. The highest BCUT2D eigenvalue weighted by Crippen LogP contribution is 2.25. The predicted octanol–water partition coefficient (Wildman–Crippen LogP) is 0.832. The van der Waals surface area contributed by atoms with Crippen molar-refractivity contribution < 1.29 is 9.84 Å². The van der Waals surface area contributed by atoms with Crippen molar-refractivity contribution in [1.29, 1.82) is 0 Å². The smallest absolute Gasteiger partial charge is 0.0622 e. The van der Waals surface area contributed by atoms with E-state index in [4.69, 9.17) is 10.5 Å². The molecule has 1 aliphatic rings. The topological polar surface area (TPSA) is 58.7 Å². The minimum Gasteiger partial charge on any atom is -0.395 e. The monoisotopic (exact) mass is 244 g/mol. The lowest BCUT2D eigenvalue weighted by Crippen LogP contribution is -2.61. The highest BCUT2D eigenvalue weighted by atomic mass is 16.5. The van der Waals surface area contributed by atoms with Gasteiger partial charge in [-0.15, -0.1) is 0 Å². The average molecular weight is 244 g/mol. The van der Waals surface area contributed by atoms with Crippen LogP contribution in [0.25, 0.3) is 0 Å². The molecule has 1 rings (SSSR count). The number of morpholine rings is 1. The third kappa shape index (κ3) is 3.65. The van der Waals surface area contributed by atoms with Crippen molar-refractivity contribution in [2.45, 2.75) is 52.2 Å². The second kappa shape index (κ2) is 6.14. The number of nitrogens with two attached hydrogens (primary N) is 1. The van der Waals surface area contributed by atoms with Gasteiger partial charge in [0, 0.05) is 24.7 Å². The molecule has 0 spiro atoms. The first-order valence-electron chi connectivity index (χ1n) is 6.61. The van der Waals surface area contributed by atoms with Crippen LogP contribution >= 0.6 is 0 Å². The molecule has 0 aromatic carbocycles. The lowest BCUT2D eigenvalue weighted by molar-refractivity contribution is -0.0547. The van der Waals surface area contributed by atoms with Crippen LogP contribution in [-0.4, -0.2) is 54.5 Å². The molecule has 0 bridgehead atoms. The number of aliphatic hydroxyl groups is 1. The Bertz CT molecular complexity index is 228. The number of ether oxygens (including phenoxy) is 1. The Morgan fingerprint density at radius 1 is 1.47 bits per heavy atom. The van der Waals surface area contributed by atoms with Gasteiger partial charge in [0.1, 0.15) is 0 Å². The first-order valence-corrected chi connectivity index (χ1v) is 6.61. The van der Waals surface area contributed by atoms with E-state index in [0.717, 1.165) is 26.2 Å². The molecular formula is C13H28N2O2. The van der Waals surface area contributed by atoms with Gasteiger partial charge in [0.25, 0.3) is 0 Å². The van der Waals surface area contributed by atoms with Gasteiger partial charge in [0.05, 0.1) is 19.8 Å². The summed E-state index contributed by atoms with van der Waals surface area (Å²) in [6, 6.07) is 0.387. The van der Waals surface area contributed by atoms with Crippen molar-refractivity contribution in [1.82, 2.24) is 4.90 Å². The third-order valence-electron chi connectivity index (χ3n) is 3.77. The molecule has 0 radical (unpaired) electrons. The van der Waals surface area contributed by atoms with E-state index in [1.54, 1.807) is 0 Å². The van der Waals surface area contributed by atoms with E-state index in [1.165, 1.54) is 0 Å². The van der Waals surface area contributed by atoms with E-state index in [1.807, 2.05) is 0 Å². The van der Waals surface area contributed by atoms with E-state index in [9.17, 15) is 5.11 Å². The summed E-state index contributed by atoms with van der Waals surface area (Å²) < 4.78 is 5.50. The molecule has 4 nitrogen and oxygen atoms in total. The summed E-state index contributed by atoms with van der Waals surface area (Å²) in [7, 11) is 0. The Morgan fingerprint density at radius 2 is 2.12 bits per heavy atom. The molecule has 17 heavy (non-hydrogen) atoms. The fraction of sp³-hybridized carbons (Fsp3) is 1.00. The van der Waals surface area contributed by atoms with Crippen molar-refractivity contribution >= 4 is 0 Å². The number of rotatable bonds is 4. The molecule has 1 fully saturated rings. The van der Waals surface area contributed by atoms with Crippen molar-refractivity contribution in [3.8, 4) is 0 Å². The fourth-order valence-corrected chi connectivity index (χ4v) is 2.46. The van der Waals surface area contributed by atoms with Crippen LogP contribution in [0.4, 0.5) is 0 Å². The second-order valence-electron chi connectivity index (χ2n) is 6.02. The highest BCUT2D eigenvalue weighted by Gasteiger charge is 2.36. The molecule has 0 aromatic heterocycles. The normalized spacial score (nSPS) is 26.8. The number of aliphatic hydroxyl groups excluding tert-OH is 1. The summed E-state index contributed by atoms with van der Waals surface area (Å²) in [5.41, 5.74) is 6.31. The van der Waals surface area contributed by atoms with Crippen LogP contribution in [0.15, 0.2) is 0 Å². The van der Waals surface area contributed by atoms with E-state index >= 15 is 0 Å². The Kier molecular flexibility index (Phi) is 5.38. The van der Waals surface area contributed by atoms with Gasteiger partial charge in [0.2, 0.25) is 0 Å².